The zero-order valence-corrected chi connectivity index (χ0v) is 48.5. The van der Waals surface area contributed by atoms with Crippen LogP contribution < -0.4 is 5.73 Å². The first-order valence-electron chi connectivity index (χ1n) is 23.9. The Hall–Kier alpha value is -8.10. The molecule has 9 N–H and O–H groups in total. The first kappa shape index (κ1) is 68.2. The predicted molar refractivity (Wildman–Crippen MR) is 317 cm³/mol. The summed E-state index contributed by atoms with van der Waals surface area (Å²) in [4.78, 5) is -0.551. The molecule has 0 aliphatic carbocycles. The van der Waals surface area contributed by atoms with E-state index in [0.29, 0.717) is 33.1 Å². The lowest BCUT2D eigenvalue weighted by atomic mass is 10.0. The lowest BCUT2D eigenvalue weighted by Gasteiger charge is -2.14. The molecule has 0 unspecified atom stereocenters. The molecule has 0 spiro atoms. The number of benzene rings is 9. The van der Waals surface area contributed by atoms with Crippen molar-refractivity contribution in [1.29, 1.82) is 0 Å². The Labute approximate surface area is 481 Å². The van der Waals surface area contributed by atoms with E-state index in [1.807, 2.05) is 82.3 Å². The highest BCUT2D eigenvalue weighted by atomic mass is 32.2. The van der Waals surface area contributed by atoms with Crippen molar-refractivity contribution >= 4 is 116 Å². The summed E-state index contributed by atoms with van der Waals surface area (Å²) in [7, 11) is -3.71. The molecule has 0 amide bonds. The van der Waals surface area contributed by atoms with Crippen molar-refractivity contribution in [3.63, 3.8) is 0 Å². The van der Waals surface area contributed by atoms with Gasteiger partial charge in [0.15, 0.2) is 17.2 Å². The van der Waals surface area contributed by atoms with Crippen LogP contribution in [0.5, 0.6) is 17.2 Å². The SMILES string of the molecule is CC.CC.CN=Nc1c(S(=O)(=O)O)cc2ccccc2c1O.CN=Nc1c(SOOO)cc2ccccc2c1O.CN=Nc1cc(S(=O)(=O)O)c2cc(SOOO)c(N=NC)c(O)c2c1N.c1ccc2ccccc2c1.c1ccccc1. The Bertz CT molecular complexity index is 3770. The molecule has 0 aliphatic heterocycles. The number of anilines is 1. The molecular weight excluding hydrogens is 1140 g/mol. The number of phenols is 3. The molecule has 9 aromatic carbocycles. The normalized spacial score (nSPS) is 11.2. The van der Waals surface area contributed by atoms with Crippen molar-refractivity contribution < 1.29 is 70.5 Å². The van der Waals surface area contributed by atoms with E-state index in [4.69, 9.17) is 20.8 Å². The molecule has 9 aromatic rings. The quantitative estimate of drug-likeness (QED) is 0.0141. The van der Waals surface area contributed by atoms with Gasteiger partial charge in [-0.25, -0.2) is 10.5 Å². The molecule has 24 nitrogen and oxygen atoms in total. The van der Waals surface area contributed by atoms with Gasteiger partial charge in [0.1, 0.15) is 32.5 Å². The van der Waals surface area contributed by atoms with Crippen LogP contribution in [0.1, 0.15) is 27.7 Å². The zero-order chi connectivity index (χ0) is 60.8. The first-order chi connectivity index (χ1) is 39.4. The van der Waals surface area contributed by atoms with Gasteiger partial charge in [0.2, 0.25) is 0 Å². The molecule has 0 atom stereocenters. The Morgan fingerprint density at radius 1 is 0.427 bits per heavy atom. The monoisotopic (exact) mass is 1200 g/mol. The van der Waals surface area contributed by atoms with Gasteiger partial charge in [-0.15, -0.1) is 8.67 Å². The Balaban J connectivity index is 0.000000280. The largest absolute Gasteiger partial charge is 0.505 e. The first-order valence-corrected chi connectivity index (χ1v) is 28.3. The molecule has 9 rings (SSSR count). The molecule has 0 heterocycles. The number of phenolic OH excluding ortho intramolecular Hbond substituents is 3. The van der Waals surface area contributed by atoms with Crippen LogP contribution in [-0.4, -0.2) is 80.0 Å². The highest BCUT2D eigenvalue weighted by Crippen LogP contribution is 2.50. The Morgan fingerprint density at radius 2 is 0.780 bits per heavy atom. The summed E-state index contributed by atoms with van der Waals surface area (Å²) in [5.41, 5.74) is 5.64. The molecule has 0 radical (unpaired) electrons. The van der Waals surface area contributed by atoms with E-state index in [9.17, 15) is 36.7 Å². The second-order valence-corrected chi connectivity index (χ2v) is 19.3. The van der Waals surface area contributed by atoms with Crippen LogP contribution in [0.3, 0.4) is 0 Å². The van der Waals surface area contributed by atoms with E-state index >= 15 is 0 Å². The number of rotatable bonds is 12. The summed E-state index contributed by atoms with van der Waals surface area (Å²) in [6, 6.07) is 47.8. The van der Waals surface area contributed by atoms with Gasteiger partial charge in [0.05, 0.1) is 45.0 Å². The number of nitrogen functional groups attached to an aromatic ring is 1. The summed E-state index contributed by atoms with van der Waals surface area (Å²) < 4.78 is 73.4. The minimum absolute atomic E-state index is 0.00254. The number of nitrogens with zero attached hydrogens (tertiary/aromatic N) is 8. The third kappa shape index (κ3) is 19.0. The van der Waals surface area contributed by atoms with Gasteiger partial charge in [-0.05, 0) is 45.8 Å². The van der Waals surface area contributed by atoms with Gasteiger partial charge in [-0.1, -0.05) is 171 Å². The van der Waals surface area contributed by atoms with Crippen LogP contribution >= 0.6 is 24.1 Å². The molecule has 434 valence electrons. The molecule has 0 aliphatic rings. The minimum atomic E-state index is -4.72. The van der Waals surface area contributed by atoms with E-state index in [0.717, 1.165) is 23.5 Å². The van der Waals surface area contributed by atoms with Gasteiger partial charge in [-0.2, -0.15) is 57.7 Å². The maximum Gasteiger partial charge on any atom is 0.296 e. The van der Waals surface area contributed by atoms with Crippen LogP contribution in [-0.2, 0) is 39.0 Å². The van der Waals surface area contributed by atoms with E-state index in [1.165, 1.54) is 51.1 Å². The molecule has 0 fully saturated rings. The van der Waals surface area contributed by atoms with Gasteiger partial charge in [-0.3, -0.25) is 9.11 Å². The lowest BCUT2D eigenvalue weighted by molar-refractivity contribution is -0.432. The van der Waals surface area contributed by atoms with Crippen LogP contribution in [0.15, 0.2) is 218 Å². The molecule has 0 saturated carbocycles. The van der Waals surface area contributed by atoms with Crippen molar-refractivity contribution in [2.45, 2.75) is 47.3 Å². The van der Waals surface area contributed by atoms with Crippen molar-refractivity contribution in [2.75, 3.05) is 33.9 Å². The van der Waals surface area contributed by atoms with Crippen molar-refractivity contribution in [2.24, 2.45) is 40.9 Å². The molecule has 28 heteroatoms. The molecule has 0 saturated heterocycles. The third-order valence-electron chi connectivity index (χ3n) is 10.2. The fourth-order valence-electron chi connectivity index (χ4n) is 7.03. The maximum atomic E-state index is 11.8. The average molecular weight is 1200 g/mol. The topological polar surface area (TPSA) is 372 Å². The van der Waals surface area contributed by atoms with Crippen molar-refractivity contribution in [1.82, 2.24) is 0 Å². The summed E-state index contributed by atoms with van der Waals surface area (Å²) in [6.45, 7) is 8.00. The van der Waals surface area contributed by atoms with Crippen LogP contribution in [0, 0.1) is 0 Å². The standard InChI is InChI=1S/C12H13N5O7S2.2C11H10N2O4S.C10H8.C6H6.2C2H6/c1-14-16-6-4-8(26(20,21)22)5-3-7(25-24-23-19)11(17-15-2)12(18)9(5)10(6)13;1-12-13-10-9(18(15,16)17)6-7-4-2-3-5-8(7)11(10)14;1-12-13-10-9(18-17-16-15)6-7-4-2-3-5-8(7)11(10)14;1-2-6-10-8-4-3-7-9(10)5-1;1-2-4-6-5-3-1;2*1-2/h3-4,18-19H,13H2,1-2H3,(H,20,21,22);2-6,14H,1H3,(H,15,16,17);2-6,14-15H,1H3;1-8H;1-6H;2*1-2H3. The fourth-order valence-corrected chi connectivity index (χ4v) is 9.37. The summed E-state index contributed by atoms with van der Waals surface area (Å²) in [5, 5.41) is 87.9. The summed E-state index contributed by atoms with van der Waals surface area (Å²) in [5.74, 6) is -0.873. The Morgan fingerprint density at radius 3 is 1.18 bits per heavy atom. The number of fused-ring (bicyclic) bond motifs is 4. The molecule has 0 bridgehead atoms. The van der Waals surface area contributed by atoms with Crippen molar-refractivity contribution in [3.05, 3.63) is 158 Å². The fraction of sp³-hybridized carbons (Fsp3) is 0.148. The third-order valence-corrected chi connectivity index (χ3v) is 13.2. The summed E-state index contributed by atoms with van der Waals surface area (Å²) >= 11 is 1.14. The number of aromatic hydroxyl groups is 3. The van der Waals surface area contributed by atoms with Crippen LogP contribution in [0.4, 0.5) is 28.4 Å². The minimum Gasteiger partial charge on any atom is -0.505 e. The number of hydrogen-bond acceptors (Lipinski definition) is 24. The van der Waals surface area contributed by atoms with Crippen molar-refractivity contribution in [3.8, 4) is 17.2 Å². The molecule has 82 heavy (non-hydrogen) atoms. The second-order valence-electron chi connectivity index (χ2n) is 15.0. The number of nitrogens with two attached hydrogens (primary N) is 1. The zero-order valence-electron chi connectivity index (χ0n) is 45.2. The summed E-state index contributed by atoms with van der Waals surface area (Å²) in [6.07, 6.45) is 0. The van der Waals surface area contributed by atoms with Crippen LogP contribution in [0.2, 0.25) is 0 Å². The van der Waals surface area contributed by atoms with E-state index < -0.39 is 35.8 Å². The highest BCUT2D eigenvalue weighted by molar-refractivity contribution is 7.95. The van der Waals surface area contributed by atoms with Gasteiger partial charge in [0, 0.05) is 44.3 Å². The number of azo groups is 4. The van der Waals surface area contributed by atoms with Gasteiger partial charge < -0.3 is 21.1 Å². The van der Waals surface area contributed by atoms with E-state index in [1.54, 1.807) is 36.4 Å². The average Bonchev–Trinajstić information content (AvgIpc) is 3.36. The molecular formula is C54H59N9O15S4. The smallest absolute Gasteiger partial charge is 0.296 e. The Kier molecular flexibility index (Phi) is 29.0. The number of hydrogen-bond donors (Lipinski definition) is 8. The van der Waals surface area contributed by atoms with E-state index in [-0.39, 0.29) is 55.6 Å². The van der Waals surface area contributed by atoms with Crippen LogP contribution in [0.25, 0.3) is 43.1 Å². The van der Waals surface area contributed by atoms with Gasteiger partial charge >= 0.3 is 0 Å². The maximum absolute atomic E-state index is 11.8. The lowest BCUT2D eigenvalue weighted by Crippen LogP contribution is -2.02. The molecule has 0 aromatic heterocycles. The second kappa shape index (κ2) is 34.9. The predicted octanol–water partition coefficient (Wildman–Crippen LogP) is 16.0. The van der Waals surface area contributed by atoms with Gasteiger partial charge in [0.25, 0.3) is 20.2 Å². The van der Waals surface area contributed by atoms with E-state index in [2.05, 4.69) is 108 Å². The highest BCUT2D eigenvalue weighted by Gasteiger charge is 2.26.